The summed E-state index contributed by atoms with van der Waals surface area (Å²) in [6.07, 6.45) is -0.786. The molecule has 0 unspecified atom stereocenters. The Labute approximate surface area is 96.1 Å². The van der Waals surface area contributed by atoms with Crippen LogP contribution in [-0.2, 0) is 9.53 Å². The van der Waals surface area contributed by atoms with Crippen molar-refractivity contribution in [2.75, 3.05) is 7.11 Å². The summed E-state index contributed by atoms with van der Waals surface area (Å²) in [6, 6.07) is 3.95. The van der Waals surface area contributed by atoms with E-state index in [0.29, 0.717) is 0 Å². The zero-order valence-corrected chi connectivity index (χ0v) is 10.2. The van der Waals surface area contributed by atoms with E-state index in [4.69, 9.17) is 0 Å². The summed E-state index contributed by atoms with van der Waals surface area (Å²) in [5.74, 6) is -0.398. The van der Waals surface area contributed by atoms with Gasteiger partial charge in [0, 0.05) is 0 Å². The fourth-order valence-corrected chi connectivity index (χ4v) is 1.69. The van der Waals surface area contributed by atoms with Gasteiger partial charge in [0.1, 0.15) is 0 Å². The van der Waals surface area contributed by atoms with Crippen LogP contribution in [0.4, 0.5) is 0 Å². The van der Waals surface area contributed by atoms with Crippen LogP contribution in [-0.4, -0.2) is 18.2 Å². The number of rotatable bonds is 3. The number of aliphatic hydroxyl groups is 1. The first kappa shape index (κ1) is 12.7. The Morgan fingerprint density at radius 1 is 1.25 bits per heavy atom. The van der Waals surface area contributed by atoms with Crippen LogP contribution in [0.1, 0.15) is 34.8 Å². The summed E-state index contributed by atoms with van der Waals surface area (Å²) in [6.45, 7) is 5.95. The van der Waals surface area contributed by atoms with Gasteiger partial charge in [-0.1, -0.05) is 12.1 Å². The van der Waals surface area contributed by atoms with Gasteiger partial charge >= 0.3 is 5.97 Å². The minimum absolute atomic E-state index is 0.000158. The van der Waals surface area contributed by atoms with Gasteiger partial charge in [-0.25, -0.2) is 0 Å². The first-order chi connectivity index (χ1) is 7.45. The lowest BCUT2D eigenvalue weighted by molar-refractivity contribution is -0.142. The molecule has 3 nitrogen and oxygen atoms in total. The van der Waals surface area contributed by atoms with Crippen molar-refractivity contribution in [3.63, 3.8) is 0 Å². The molecule has 1 N–H and O–H groups in total. The highest BCUT2D eigenvalue weighted by molar-refractivity contribution is 5.70. The van der Waals surface area contributed by atoms with E-state index in [2.05, 4.69) is 4.74 Å². The van der Waals surface area contributed by atoms with Crippen LogP contribution in [0.3, 0.4) is 0 Å². The molecule has 16 heavy (non-hydrogen) atoms. The number of ether oxygens (including phenoxy) is 1. The van der Waals surface area contributed by atoms with Gasteiger partial charge in [0.2, 0.25) is 0 Å². The minimum Gasteiger partial charge on any atom is -0.469 e. The highest BCUT2D eigenvalue weighted by Crippen LogP contribution is 2.24. The summed E-state index contributed by atoms with van der Waals surface area (Å²) < 4.78 is 4.54. The van der Waals surface area contributed by atoms with E-state index in [1.165, 1.54) is 12.7 Å². The van der Waals surface area contributed by atoms with Crippen LogP contribution in [0.25, 0.3) is 0 Å². The standard InChI is InChI=1S/C13H18O3/c1-8-5-10(3)11(6-9(8)2)12(14)7-13(15)16-4/h5-6,12,14H,7H2,1-4H3/t12-/m0/s1. The zero-order chi connectivity index (χ0) is 12.3. The smallest absolute Gasteiger partial charge is 0.308 e. The molecule has 0 aliphatic carbocycles. The lowest BCUT2D eigenvalue weighted by atomic mass is 9.96. The van der Waals surface area contributed by atoms with Gasteiger partial charge in [-0.05, 0) is 43.0 Å². The number of benzene rings is 1. The summed E-state index contributed by atoms with van der Waals surface area (Å²) >= 11 is 0. The van der Waals surface area contributed by atoms with E-state index in [1.807, 2.05) is 32.9 Å². The summed E-state index contributed by atoms with van der Waals surface area (Å²) in [5.41, 5.74) is 4.10. The number of carbonyl (C=O) groups excluding carboxylic acids is 1. The van der Waals surface area contributed by atoms with Crippen molar-refractivity contribution in [1.82, 2.24) is 0 Å². The molecular weight excluding hydrogens is 204 g/mol. The molecule has 0 spiro atoms. The molecule has 0 aromatic heterocycles. The number of hydrogen-bond acceptors (Lipinski definition) is 3. The van der Waals surface area contributed by atoms with Crippen molar-refractivity contribution >= 4 is 5.97 Å². The van der Waals surface area contributed by atoms with Crippen molar-refractivity contribution in [2.45, 2.75) is 33.3 Å². The van der Waals surface area contributed by atoms with E-state index in [1.54, 1.807) is 0 Å². The summed E-state index contributed by atoms with van der Waals surface area (Å²) in [5, 5.41) is 9.92. The highest BCUT2D eigenvalue weighted by Gasteiger charge is 2.16. The van der Waals surface area contributed by atoms with Crippen molar-refractivity contribution in [3.8, 4) is 0 Å². The lowest BCUT2D eigenvalue weighted by Crippen LogP contribution is -2.09. The normalized spacial score (nSPS) is 12.3. The van der Waals surface area contributed by atoms with E-state index >= 15 is 0 Å². The maximum absolute atomic E-state index is 11.1. The third-order valence-electron chi connectivity index (χ3n) is 2.83. The molecule has 1 rings (SSSR count). The Hall–Kier alpha value is -1.35. The summed E-state index contributed by atoms with van der Waals surface area (Å²) in [7, 11) is 1.32. The minimum atomic E-state index is -0.785. The van der Waals surface area contributed by atoms with E-state index in [9.17, 15) is 9.90 Å². The van der Waals surface area contributed by atoms with Crippen molar-refractivity contribution < 1.29 is 14.6 Å². The second-order valence-electron chi connectivity index (χ2n) is 4.09. The number of hydrogen-bond donors (Lipinski definition) is 1. The number of aliphatic hydroxyl groups excluding tert-OH is 1. The monoisotopic (exact) mass is 222 g/mol. The third kappa shape index (κ3) is 2.83. The summed E-state index contributed by atoms with van der Waals surface area (Å²) in [4.78, 5) is 11.1. The van der Waals surface area contributed by atoms with Crippen LogP contribution in [0.5, 0.6) is 0 Å². The quantitative estimate of drug-likeness (QED) is 0.797. The Morgan fingerprint density at radius 2 is 1.81 bits per heavy atom. The molecule has 1 atom stereocenters. The highest BCUT2D eigenvalue weighted by atomic mass is 16.5. The number of esters is 1. The molecule has 0 heterocycles. The van der Waals surface area contributed by atoms with Crippen LogP contribution in [0.15, 0.2) is 12.1 Å². The fourth-order valence-electron chi connectivity index (χ4n) is 1.69. The molecule has 0 amide bonds. The van der Waals surface area contributed by atoms with E-state index in [0.717, 1.165) is 16.7 Å². The average Bonchev–Trinajstić information content (AvgIpc) is 2.23. The number of methoxy groups -OCH3 is 1. The molecule has 0 radical (unpaired) electrons. The maximum Gasteiger partial charge on any atom is 0.308 e. The third-order valence-corrected chi connectivity index (χ3v) is 2.83. The molecule has 88 valence electrons. The van der Waals surface area contributed by atoms with Gasteiger partial charge in [0.15, 0.2) is 0 Å². The van der Waals surface area contributed by atoms with Gasteiger partial charge in [0.05, 0.1) is 19.6 Å². The average molecular weight is 222 g/mol. The largest absolute Gasteiger partial charge is 0.469 e. The Kier molecular flexibility index (Phi) is 4.07. The van der Waals surface area contributed by atoms with Gasteiger partial charge in [-0.15, -0.1) is 0 Å². The van der Waals surface area contributed by atoms with Crippen LogP contribution in [0.2, 0.25) is 0 Å². The first-order valence-corrected chi connectivity index (χ1v) is 5.28. The van der Waals surface area contributed by atoms with Crippen LogP contribution < -0.4 is 0 Å². The van der Waals surface area contributed by atoms with Crippen molar-refractivity contribution in [2.24, 2.45) is 0 Å². The SMILES string of the molecule is COC(=O)C[C@H](O)c1cc(C)c(C)cc1C. The topological polar surface area (TPSA) is 46.5 Å². The molecule has 0 aliphatic heterocycles. The number of carbonyl (C=O) groups is 1. The Morgan fingerprint density at radius 3 is 2.38 bits per heavy atom. The Bertz CT molecular complexity index is 396. The van der Waals surface area contributed by atoms with Crippen molar-refractivity contribution in [1.29, 1.82) is 0 Å². The van der Waals surface area contributed by atoms with Crippen molar-refractivity contribution in [3.05, 3.63) is 34.4 Å². The maximum atomic E-state index is 11.1. The molecular formula is C13H18O3. The van der Waals surface area contributed by atoms with E-state index < -0.39 is 12.1 Å². The second kappa shape index (κ2) is 5.12. The Balaban J connectivity index is 2.95. The zero-order valence-electron chi connectivity index (χ0n) is 10.2. The predicted octanol–water partition coefficient (Wildman–Crippen LogP) is 2.21. The molecule has 0 bridgehead atoms. The van der Waals surface area contributed by atoms with Crippen LogP contribution in [0, 0.1) is 20.8 Å². The first-order valence-electron chi connectivity index (χ1n) is 5.28. The lowest BCUT2D eigenvalue weighted by Gasteiger charge is -2.14. The molecule has 0 fully saturated rings. The molecule has 1 aromatic carbocycles. The number of aryl methyl sites for hydroxylation is 3. The molecule has 0 saturated carbocycles. The molecule has 0 saturated heterocycles. The second-order valence-corrected chi connectivity index (χ2v) is 4.09. The van der Waals surface area contributed by atoms with E-state index in [-0.39, 0.29) is 6.42 Å². The molecule has 3 heteroatoms. The molecule has 1 aromatic rings. The van der Waals surface area contributed by atoms with Gasteiger partial charge in [-0.3, -0.25) is 4.79 Å². The molecule has 0 aliphatic rings. The fraction of sp³-hybridized carbons (Fsp3) is 0.462. The van der Waals surface area contributed by atoms with Crippen LogP contribution >= 0.6 is 0 Å². The predicted molar refractivity (Wildman–Crippen MR) is 62.2 cm³/mol. The van der Waals surface area contributed by atoms with Gasteiger partial charge in [-0.2, -0.15) is 0 Å². The van der Waals surface area contributed by atoms with Gasteiger partial charge < -0.3 is 9.84 Å². The van der Waals surface area contributed by atoms with Gasteiger partial charge in [0.25, 0.3) is 0 Å².